The van der Waals surface area contributed by atoms with E-state index < -0.39 is 0 Å². The van der Waals surface area contributed by atoms with Crippen molar-refractivity contribution in [3.63, 3.8) is 0 Å². The lowest BCUT2D eigenvalue weighted by atomic mass is 10.0. The third-order valence-corrected chi connectivity index (χ3v) is 4.72. The van der Waals surface area contributed by atoms with Gasteiger partial charge in [-0.25, -0.2) is 4.79 Å². The molecule has 0 saturated carbocycles. The predicted molar refractivity (Wildman–Crippen MR) is 112 cm³/mol. The third kappa shape index (κ3) is 5.82. The highest BCUT2D eigenvalue weighted by Crippen LogP contribution is 2.27. The monoisotopic (exact) mass is 389 g/mol. The Balaban J connectivity index is 1.97. The van der Waals surface area contributed by atoms with Crippen LogP contribution in [0.2, 0.25) is 5.02 Å². The Hall–Kier alpha value is -1.91. The molecule has 0 spiro atoms. The molecular formula is C21H24ClNO2S. The van der Waals surface area contributed by atoms with E-state index in [1.807, 2.05) is 13.0 Å². The maximum Gasteiger partial charge on any atom is 0.340 e. The van der Waals surface area contributed by atoms with Crippen LogP contribution in [-0.2, 0) is 17.6 Å². The molecule has 0 atom stereocenters. The quantitative estimate of drug-likeness (QED) is 0.349. The van der Waals surface area contributed by atoms with Crippen molar-refractivity contribution >= 4 is 40.5 Å². The van der Waals surface area contributed by atoms with Gasteiger partial charge in [-0.05, 0) is 55.4 Å². The summed E-state index contributed by atoms with van der Waals surface area (Å²) in [6.07, 6.45) is 4.52. The zero-order chi connectivity index (χ0) is 18.9. The third-order valence-electron chi connectivity index (χ3n) is 4.19. The predicted octanol–water partition coefficient (Wildman–Crippen LogP) is 5.84. The molecule has 0 heterocycles. The fraction of sp³-hybridized carbons (Fsp3) is 0.333. The lowest BCUT2D eigenvalue weighted by Crippen LogP contribution is -2.15. The highest BCUT2D eigenvalue weighted by molar-refractivity contribution is 7.80. The van der Waals surface area contributed by atoms with Gasteiger partial charge in [-0.15, -0.1) is 0 Å². The molecule has 1 N–H and O–H groups in total. The molecule has 0 saturated heterocycles. The van der Waals surface area contributed by atoms with Gasteiger partial charge in [-0.1, -0.05) is 61.1 Å². The molecule has 0 aliphatic heterocycles. The molecule has 2 rings (SSSR count). The van der Waals surface area contributed by atoms with Crippen molar-refractivity contribution in [2.24, 2.45) is 0 Å². The van der Waals surface area contributed by atoms with Crippen LogP contribution in [-0.4, -0.2) is 18.1 Å². The molecule has 0 bridgehead atoms. The summed E-state index contributed by atoms with van der Waals surface area (Å²) in [4.78, 5) is 12.9. The zero-order valence-corrected chi connectivity index (χ0v) is 16.8. The van der Waals surface area contributed by atoms with Gasteiger partial charge in [0.25, 0.3) is 0 Å². The Labute approximate surface area is 165 Å². The second kappa shape index (κ2) is 10.3. The summed E-state index contributed by atoms with van der Waals surface area (Å²) in [5, 5.41) is 3.76. The van der Waals surface area contributed by atoms with Crippen LogP contribution < -0.4 is 5.32 Å². The first-order valence-electron chi connectivity index (χ1n) is 8.79. The van der Waals surface area contributed by atoms with Crippen molar-refractivity contribution < 1.29 is 9.53 Å². The van der Waals surface area contributed by atoms with E-state index in [9.17, 15) is 4.79 Å². The van der Waals surface area contributed by atoms with E-state index in [1.54, 1.807) is 12.1 Å². The molecule has 0 fully saturated rings. The molecule has 2 aromatic carbocycles. The molecule has 0 unspecified atom stereocenters. The highest BCUT2D eigenvalue weighted by Gasteiger charge is 2.18. The SMILES string of the molecule is CCc1cc(Cl)cc(NC(=S)CCCCc2ccccc2)c1C(=O)OC. The molecule has 2 aromatic rings. The van der Waals surface area contributed by atoms with E-state index in [-0.39, 0.29) is 5.97 Å². The molecule has 0 amide bonds. The van der Waals surface area contributed by atoms with Gasteiger partial charge in [0.05, 0.1) is 23.3 Å². The normalized spacial score (nSPS) is 10.4. The van der Waals surface area contributed by atoms with Crippen LogP contribution in [0.1, 0.15) is 47.7 Å². The minimum Gasteiger partial charge on any atom is -0.465 e. The Morgan fingerprint density at radius 3 is 2.58 bits per heavy atom. The van der Waals surface area contributed by atoms with Gasteiger partial charge in [-0.3, -0.25) is 0 Å². The van der Waals surface area contributed by atoms with Crippen LogP contribution in [0.25, 0.3) is 0 Å². The Bertz CT molecular complexity index is 762. The van der Waals surface area contributed by atoms with Gasteiger partial charge >= 0.3 is 5.97 Å². The largest absolute Gasteiger partial charge is 0.465 e. The molecule has 138 valence electrons. The van der Waals surface area contributed by atoms with Gasteiger partial charge in [0.15, 0.2) is 0 Å². The molecule has 0 aliphatic rings. The number of thiocarbonyl (C=S) groups is 1. The number of unbranched alkanes of at least 4 members (excludes halogenated alkanes) is 1. The van der Waals surface area contributed by atoms with E-state index >= 15 is 0 Å². The van der Waals surface area contributed by atoms with Crippen molar-refractivity contribution in [1.82, 2.24) is 0 Å². The number of benzene rings is 2. The van der Waals surface area contributed by atoms with Crippen LogP contribution in [0.4, 0.5) is 5.69 Å². The number of rotatable bonds is 8. The molecule has 0 radical (unpaired) electrons. The van der Waals surface area contributed by atoms with Crippen molar-refractivity contribution in [3.8, 4) is 0 Å². The summed E-state index contributed by atoms with van der Waals surface area (Å²) in [7, 11) is 1.38. The molecule has 5 heteroatoms. The first-order valence-corrected chi connectivity index (χ1v) is 9.58. The summed E-state index contributed by atoms with van der Waals surface area (Å²) < 4.78 is 4.92. The Kier molecular flexibility index (Phi) is 8.07. The standard InChI is InChI=1S/C21H24ClNO2S/c1-3-16-13-17(22)14-18(20(16)21(24)25-2)23-19(26)12-8-7-11-15-9-5-4-6-10-15/h4-6,9-10,13-14H,3,7-8,11-12H2,1-2H3,(H,23,26). The van der Waals surface area contributed by atoms with E-state index in [0.29, 0.717) is 27.7 Å². The van der Waals surface area contributed by atoms with Crippen molar-refractivity contribution in [2.45, 2.75) is 39.0 Å². The van der Waals surface area contributed by atoms with Crippen LogP contribution in [0.3, 0.4) is 0 Å². The van der Waals surface area contributed by atoms with Crippen molar-refractivity contribution in [3.05, 3.63) is 64.2 Å². The lowest BCUT2D eigenvalue weighted by Gasteiger charge is -2.15. The number of anilines is 1. The molecule has 3 nitrogen and oxygen atoms in total. The zero-order valence-electron chi connectivity index (χ0n) is 15.2. The van der Waals surface area contributed by atoms with Crippen LogP contribution >= 0.6 is 23.8 Å². The van der Waals surface area contributed by atoms with E-state index in [0.717, 1.165) is 31.2 Å². The fourth-order valence-electron chi connectivity index (χ4n) is 2.86. The maximum atomic E-state index is 12.2. The summed E-state index contributed by atoms with van der Waals surface area (Å²) in [5.74, 6) is -0.382. The lowest BCUT2D eigenvalue weighted by molar-refractivity contribution is 0.0600. The number of nitrogens with one attached hydrogen (secondary N) is 1. The van der Waals surface area contributed by atoms with Crippen LogP contribution in [0, 0.1) is 0 Å². The van der Waals surface area contributed by atoms with Gasteiger partial charge in [-0.2, -0.15) is 0 Å². The number of halogens is 1. The van der Waals surface area contributed by atoms with Crippen molar-refractivity contribution in [2.75, 3.05) is 12.4 Å². The van der Waals surface area contributed by atoms with Gasteiger partial charge < -0.3 is 10.1 Å². The number of ether oxygens (including phenoxy) is 1. The second-order valence-corrected chi connectivity index (χ2v) is 7.00. The van der Waals surface area contributed by atoms with Gasteiger partial charge in [0, 0.05) is 5.02 Å². The molecule has 0 aromatic heterocycles. The van der Waals surface area contributed by atoms with Gasteiger partial charge in [0.2, 0.25) is 0 Å². The first kappa shape index (κ1) is 20.4. The second-order valence-electron chi connectivity index (χ2n) is 6.07. The molecule has 0 aliphatic carbocycles. The summed E-state index contributed by atoms with van der Waals surface area (Å²) >= 11 is 11.7. The average Bonchev–Trinajstić information content (AvgIpc) is 2.65. The Morgan fingerprint density at radius 2 is 1.92 bits per heavy atom. The number of aryl methyl sites for hydroxylation is 2. The van der Waals surface area contributed by atoms with E-state index in [4.69, 9.17) is 28.6 Å². The van der Waals surface area contributed by atoms with Crippen LogP contribution in [0.5, 0.6) is 0 Å². The maximum absolute atomic E-state index is 12.2. The van der Waals surface area contributed by atoms with E-state index in [2.05, 4.69) is 29.6 Å². The topological polar surface area (TPSA) is 38.3 Å². The number of hydrogen-bond donors (Lipinski definition) is 1. The average molecular weight is 390 g/mol. The number of carbonyl (C=O) groups excluding carboxylic acids is 1. The summed E-state index contributed by atoms with van der Waals surface area (Å²) in [6, 6.07) is 13.9. The fourth-order valence-corrected chi connectivity index (χ4v) is 3.35. The summed E-state index contributed by atoms with van der Waals surface area (Å²) in [5.41, 5.74) is 3.31. The minimum absolute atomic E-state index is 0.382. The first-order chi connectivity index (χ1) is 12.5. The van der Waals surface area contributed by atoms with E-state index in [1.165, 1.54) is 12.7 Å². The van der Waals surface area contributed by atoms with Gasteiger partial charge in [0.1, 0.15) is 0 Å². The number of carbonyl (C=O) groups is 1. The molecular weight excluding hydrogens is 366 g/mol. The number of methoxy groups -OCH3 is 1. The minimum atomic E-state index is -0.382. The smallest absolute Gasteiger partial charge is 0.340 e. The van der Waals surface area contributed by atoms with Crippen LogP contribution in [0.15, 0.2) is 42.5 Å². The number of esters is 1. The van der Waals surface area contributed by atoms with Crippen molar-refractivity contribution in [1.29, 1.82) is 0 Å². The highest BCUT2D eigenvalue weighted by atomic mass is 35.5. The number of hydrogen-bond acceptors (Lipinski definition) is 3. The Morgan fingerprint density at radius 1 is 1.19 bits per heavy atom. The molecule has 26 heavy (non-hydrogen) atoms. The summed E-state index contributed by atoms with van der Waals surface area (Å²) in [6.45, 7) is 1.98.